The Morgan fingerprint density at radius 1 is 1.07 bits per heavy atom. The van der Waals surface area contributed by atoms with E-state index in [1.165, 1.54) is 6.07 Å². The van der Waals surface area contributed by atoms with Gasteiger partial charge in [-0.05, 0) is 84.9 Å². The molecule has 30 heavy (non-hydrogen) atoms. The fourth-order valence-electron chi connectivity index (χ4n) is 3.98. The average Bonchev–Trinajstić information content (AvgIpc) is 2.80. The number of hydrogen-bond acceptors (Lipinski definition) is 3. The van der Waals surface area contributed by atoms with Gasteiger partial charge in [-0.15, -0.1) is 0 Å². The SMILES string of the molecule is CC.COc1ccc(F)c(C2CCC(COc3cccc([C@H](C)CC#N)c3)CC2)c1. The third kappa shape index (κ3) is 6.49. The van der Waals surface area contributed by atoms with Gasteiger partial charge in [0.05, 0.1) is 19.8 Å². The smallest absolute Gasteiger partial charge is 0.126 e. The molecule has 162 valence electrons. The van der Waals surface area contributed by atoms with E-state index in [-0.39, 0.29) is 17.7 Å². The molecule has 1 fully saturated rings. The highest BCUT2D eigenvalue weighted by Gasteiger charge is 2.25. The van der Waals surface area contributed by atoms with Crippen molar-refractivity contribution in [3.8, 4) is 17.6 Å². The van der Waals surface area contributed by atoms with Crippen LogP contribution in [0.4, 0.5) is 4.39 Å². The van der Waals surface area contributed by atoms with Crippen LogP contribution < -0.4 is 9.47 Å². The first-order valence-corrected chi connectivity index (χ1v) is 11.0. The van der Waals surface area contributed by atoms with E-state index in [0.717, 1.165) is 42.6 Å². The minimum absolute atomic E-state index is 0.135. The molecule has 0 amide bonds. The van der Waals surface area contributed by atoms with Gasteiger partial charge in [-0.2, -0.15) is 5.26 Å². The van der Waals surface area contributed by atoms with Crippen LogP contribution >= 0.6 is 0 Å². The topological polar surface area (TPSA) is 42.2 Å². The van der Waals surface area contributed by atoms with Gasteiger partial charge < -0.3 is 9.47 Å². The Morgan fingerprint density at radius 2 is 1.80 bits per heavy atom. The highest BCUT2D eigenvalue weighted by molar-refractivity contribution is 5.33. The summed E-state index contributed by atoms with van der Waals surface area (Å²) in [5.41, 5.74) is 1.91. The molecule has 0 aromatic heterocycles. The van der Waals surface area contributed by atoms with E-state index in [1.807, 2.05) is 44.2 Å². The molecule has 2 aromatic rings. The lowest BCUT2D eigenvalue weighted by Gasteiger charge is -2.29. The van der Waals surface area contributed by atoms with Crippen molar-refractivity contribution in [3.63, 3.8) is 0 Å². The van der Waals surface area contributed by atoms with Crippen molar-refractivity contribution in [1.29, 1.82) is 5.26 Å². The Bertz CT molecular complexity index is 822. The standard InChI is InChI=1S/C24H28FNO2.C2H6/c1-17(12-13-26)20-4-3-5-22(14-20)28-16-18-6-8-19(9-7-18)23-15-21(27-2)10-11-24(23)25;1-2/h3-5,10-11,14-15,17-19H,6-9,12,16H2,1-2H3;1-2H3/t17-,18?,19?;/m1./s1. The molecule has 3 rings (SSSR count). The first-order chi connectivity index (χ1) is 14.6. The molecule has 0 spiro atoms. The number of benzene rings is 2. The first-order valence-electron chi connectivity index (χ1n) is 11.0. The molecule has 0 saturated heterocycles. The van der Waals surface area contributed by atoms with Crippen molar-refractivity contribution >= 4 is 0 Å². The molecular weight excluding hydrogens is 377 g/mol. The summed E-state index contributed by atoms with van der Waals surface area (Å²) >= 11 is 0. The van der Waals surface area contributed by atoms with Crippen molar-refractivity contribution in [2.45, 2.75) is 64.7 Å². The largest absolute Gasteiger partial charge is 0.497 e. The van der Waals surface area contributed by atoms with Gasteiger partial charge in [0.1, 0.15) is 17.3 Å². The lowest BCUT2D eigenvalue weighted by atomic mass is 9.79. The number of nitriles is 1. The van der Waals surface area contributed by atoms with Crippen LogP contribution in [-0.4, -0.2) is 13.7 Å². The highest BCUT2D eigenvalue weighted by Crippen LogP contribution is 2.38. The van der Waals surface area contributed by atoms with E-state index in [2.05, 4.69) is 13.0 Å². The lowest BCUT2D eigenvalue weighted by molar-refractivity contribution is 0.199. The Morgan fingerprint density at radius 3 is 2.47 bits per heavy atom. The summed E-state index contributed by atoms with van der Waals surface area (Å²) in [6, 6.07) is 15.3. The Balaban J connectivity index is 0.00000155. The maximum absolute atomic E-state index is 14.2. The van der Waals surface area contributed by atoms with E-state index in [9.17, 15) is 4.39 Å². The van der Waals surface area contributed by atoms with Gasteiger partial charge in [0.2, 0.25) is 0 Å². The van der Waals surface area contributed by atoms with E-state index >= 15 is 0 Å². The van der Waals surface area contributed by atoms with Crippen LogP contribution in [0.5, 0.6) is 11.5 Å². The number of rotatable bonds is 7. The molecule has 0 unspecified atom stereocenters. The van der Waals surface area contributed by atoms with Gasteiger partial charge in [-0.25, -0.2) is 4.39 Å². The maximum atomic E-state index is 14.2. The van der Waals surface area contributed by atoms with E-state index < -0.39 is 0 Å². The molecule has 0 radical (unpaired) electrons. The molecule has 1 saturated carbocycles. The molecular formula is C26H34FNO2. The Labute approximate surface area is 180 Å². The number of methoxy groups -OCH3 is 1. The van der Waals surface area contributed by atoms with Gasteiger partial charge in [0, 0.05) is 6.42 Å². The Kier molecular flexibility index (Phi) is 9.67. The van der Waals surface area contributed by atoms with Crippen LogP contribution in [0, 0.1) is 23.1 Å². The minimum atomic E-state index is -0.135. The summed E-state index contributed by atoms with van der Waals surface area (Å²) in [7, 11) is 1.61. The van der Waals surface area contributed by atoms with Crippen LogP contribution in [0.3, 0.4) is 0 Å². The van der Waals surface area contributed by atoms with E-state index in [4.69, 9.17) is 14.7 Å². The third-order valence-electron chi connectivity index (χ3n) is 5.80. The second kappa shape index (κ2) is 12.2. The molecule has 3 nitrogen and oxygen atoms in total. The average molecular weight is 412 g/mol. The summed E-state index contributed by atoms with van der Waals surface area (Å²) in [6.07, 6.45) is 4.51. The molecule has 1 atom stereocenters. The lowest BCUT2D eigenvalue weighted by Crippen LogP contribution is -2.20. The zero-order chi connectivity index (χ0) is 21.9. The quantitative estimate of drug-likeness (QED) is 0.482. The van der Waals surface area contributed by atoms with Crippen molar-refractivity contribution in [3.05, 3.63) is 59.4 Å². The molecule has 1 aliphatic rings. The molecule has 2 aromatic carbocycles. The van der Waals surface area contributed by atoms with Gasteiger partial charge in [0.15, 0.2) is 0 Å². The zero-order valence-electron chi connectivity index (χ0n) is 18.7. The number of ether oxygens (including phenoxy) is 2. The molecule has 0 aliphatic heterocycles. The zero-order valence-corrected chi connectivity index (χ0v) is 18.7. The predicted octanol–water partition coefficient (Wildman–Crippen LogP) is 7.23. The van der Waals surface area contributed by atoms with Crippen molar-refractivity contribution in [2.24, 2.45) is 5.92 Å². The van der Waals surface area contributed by atoms with Gasteiger partial charge in [-0.1, -0.05) is 32.9 Å². The predicted molar refractivity (Wildman–Crippen MR) is 120 cm³/mol. The van der Waals surface area contributed by atoms with Gasteiger partial charge >= 0.3 is 0 Å². The number of halogens is 1. The molecule has 4 heteroatoms. The summed E-state index contributed by atoms with van der Waals surface area (Å²) in [4.78, 5) is 0. The summed E-state index contributed by atoms with van der Waals surface area (Å²) in [5, 5.41) is 8.88. The van der Waals surface area contributed by atoms with Crippen molar-refractivity contribution < 1.29 is 13.9 Å². The molecule has 0 bridgehead atoms. The second-order valence-electron chi connectivity index (χ2n) is 7.75. The highest BCUT2D eigenvalue weighted by atomic mass is 19.1. The van der Waals surface area contributed by atoms with Crippen LogP contribution in [0.2, 0.25) is 0 Å². The molecule has 0 N–H and O–H groups in total. The van der Waals surface area contributed by atoms with E-state index in [0.29, 0.717) is 24.7 Å². The number of nitrogens with zero attached hydrogens (tertiary/aromatic N) is 1. The van der Waals surface area contributed by atoms with Gasteiger partial charge in [0.25, 0.3) is 0 Å². The fourth-order valence-corrected chi connectivity index (χ4v) is 3.98. The maximum Gasteiger partial charge on any atom is 0.126 e. The first kappa shape index (κ1) is 23.7. The fraction of sp³-hybridized carbons (Fsp3) is 0.500. The normalized spacial score (nSPS) is 19.1. The monoisotopic (exact) mass is 411 g/mol. The van der Waals surface area contributed by atoms with Gasteiger partial charge in [-0.3, -0.25) is 0 Å². The molecule has 1 aliphatic carbocycles. The van der Waals surface area contributed by atoms with Crippen LogP contribution in [-0.2, 0) is 0 Å². The third-order valence-corrected chi connectivity index (χ3v) is 5.80. The second-order valence-corrected chi connectivity index (χ2v) is 7.75. The Hall–Kier alpha value is -2.54. The van der Waals surface area contributed by atoms with Crippen molar-refractivity contribution in [2.75, 3.05) is 13.7 Å². The summed E-state index contributed by atoms with van der Waals surface area (Å²) < 4.78 is 25.5. The van der Waals surface area contributed by atoms with Crippen LogP contribution in [0.15, 0.2) is 42.5 Å². The van der Waals surface area contributed by atoms with Crippen LogP contribution in [0.25, 0.3) is 0 Å². The molecule has 0 heterocycles. The van der Waals surface area contributed by atoms with E-state index in [1.54, 1.807) is 13.2 Å². The summed E-state index contributed by atoms with van der Waals surface area (Å²) in [5.74, 6) is 2.40. The minimum Gasteiger partial charge on any atom is -0.497 e. The summed E-state index contributed by atoms with van der Waals surface area (Å²) in [6.45, 7) is 6.74. The number of hydrogen-bond donors (Lipinski definition) is 0. The van der Waals surface area contributed by atoms with Crippen molar-refractivity contribution in [1.82, 2.24) is 0 Å². The van der Waals surface area contributed by atoms with Crippen LogP contribution in [0.1, 0.15) is 75.8 Å².